The van der Waals surface area contributed by atoms with Gasteiger partial charge in [-0.05, 0) is 37.1 Å². The molecule has 29 heavy (non-hydrogen) atoms. The Kier molecular flexibility index (Phi) is 5.12. The Morgan fingerprint density at radius 1 is 1.17 bits per heavy atom. The largest absolute Gasteiger partial charge is 0.343 e. The van der Waals surface area contributed by atoms with Crippen molar-refractivity contribution in [3.8, 4) is 11.4 Å². The zero-order valence-electron chi connectivity index (χ0n) is 16.4. The highest BCUT2D eigenvalue weighted by Crippen LogP contribution is 2.31. The van der Waals surface area contributed by atoms with Gasteiger partial charge in [0.1, 0.15) is 0 Å². The van der Waals surface area contributed by atoms with Gasteiger partial charge in [0.25, 0.3) is 5.91 Å². The van der Waals surface area contributed by atoms with E-state index in [0.29, 0.717) is 23.7 Å². The van der Waals surface area contributed by atoms with Gasteiger partial charge in [-0.25, -0.2) is 0 Å². The number of para-hydroxylation sites is 1. The first-order valence-corrected chi connectivity index (χ1v) is 9.68. The Hall–Kier alpha value is -3.48. The lowest BCUT2D eigenvalue weighted by Crippen LogP contribution is -2.43. The number of nitrogens with zero attached hydrogens (tertiary/aromatic N) is 3. The predicted molar refractivity (Wildman–Crippen MR) is 109 cm³/mol. The van der Waals surface area contributed by atoms with Gasteiger partial charge in [0.2, 0.25) is 17.6 Å². The predicted octanol–water partition coefficient (Wildman–Crippen LogP) is 3.01. The van der Waals surface area contributed by atoms with E-state index in [1.807, 2.05) is 38.1 Å². The number of amides is 2. The molecule has 2 aromatic carbocycles. The van der Waals surface area contributed by atoms with Crippen LogP contribution in [-0.4, -0.2) is 34.5 Å². The van der Waals surface area contributed by atoms with Crippen molar-refractivity contribution in [2.75, 3.05) is 11.4 Å². The van der Waals surface area contributed by atoms with Crippen LogP contribution in [0.5, 0.6) is 0 Å². The maximum Gasteiger partial charge on any atom is 0.251 e. The van der Waals surface area contributed by atoms with Crippen LogP contribution in [0.3, 0.4) is 0 Å². The molecule has 2 amide bonds. The molecule has 0 bridgehead atoms. The van der Waals surface area contributed by atoms with E-state index in [0.717, 1.165) is 23.2 Å². The summed E-state index contributed by atoms with van der Waals surface area (Å²) in [6.45, 7) is 3.90. The van der Waals surface area contributed by atoms with Crippen LogP contribution in [0.4, 0.5) is 5.69 Å². The van der Waals surface area contributed by atoms with E-state index < -0.39 is 0 Å². The van der Waals surface area contributed by atoms with E-state index in [2.05, 4.69) is 15.5 Å². The van der Waals surface area contributed by atoms with Gasteiger partial charge in [-0.15, -0.1) is 0 Å². The summed E-state index contributed by atoms with van der Waals surface area (Å²) in [5.74, 6) is 0.641. The van der Waals surface area contributed by atoms with Crippen LogP contribution in [0.15, 0.2) is 53.1 Å². The van der Waals surface area contributed by atoms with Gasteiger partial charge in [-0.1, -0.05) is 42.4 Å². The molecule has 1 aliphatic heterocycles. The lowest BCUT2D eigenvalue weighted by Gasteiger charge is -2.22. The number of benzene rings is 2. The third-order valence-electron chi connectivity index (χ3n) is 5.05. The third-order valence-corrected chi connectivity index (χ3v) is 5.05. The number of anilines is 1. The summed E-state index contributed by atoms with van der Waals surface area (Å²) < 4.78 is 5.11. The van der Waals surface area contributed by atoms with Gasteiger partial charge >= 0.3 is 0 Å². The number of aromatic nitrogens is 2. The van der Waals surface area contributed by atoms with E-state index in [-0.39, 0.29) is 24.4 Å². The summed E-state index contributed by atoms with van der Waals surface area (Å²) >= 11 is 0. The van der Waals surface area contributed by atoms with Crippen LogP contribution in [0.25, 0.3) is 11.4 Å². The molecule has 0 spiro atoms. The van der Waals surface area contributed by atoms with Crippen LogP contribution in [0, 0.1) is 0 Å². The Labute approximate surface area is 168 Å². The molecule has 1 aliphatic rings. The standard InChI is InChI=1S/C22H22N4O3/c1-3-19-24-21(25-29-19)15-8-10-16(11-9-15)22(28)23-13-20(27)26-14(2)12-17-6-4-5-7-18(17)26/h4-11,14H,3,12-13H2,1-2H3,(H,23,28). The summed E-state index contributed by atoms with van der Waals surface area (Å²) in [5.41, 5.74) is 3.32. The van der Waals surface area contributed by atoms with Crippen molar-refractivity contribution in [3.05, 3.63) is 65.5 Å². The van der Waals surface area contributed by atoms with Gasteiger partial charge in [0.05, 0.1) is 6.54 Å². The number of hydrogen-bond acceptors (Lipinski definition) is 5. The van der Waals surface area contributed by atoms with Crippen molar-refractivity contribution in [3.63, 3.8) is 0 Å². The van der Waals surface area contributed by atoms with Crippen molar-refractivity contribution < 1.29 is 14.1 Å². The lowest BCUT2D eigenvalue weighted by molar-refractivity contribution is -0.118. The fourth-order valence-corrected chi connectivity index (χ4v) is 3.58. The Morgan fingerprint density at radius 2 is 1.93 bits per heavy atom. The van der Waals surface area contributed by atoms with E-state index in [4.69, 9.17) is 4.52 Å². The second-order valence-electron chi connectivity index (χ2n) is 7.07. The number of carbonyl (C=O) groups is 2. The molecule has 4 rings (SSSR count). The molecule has 0 aliphatic carbocycles. The van der Waals surface area contributed by atoms with E-state index in [1.54, 1.807) is 29.2 Å². The molecular formula is C22H22N4O3. The van der Waals surface area contributed by atoms with E-state index in [9.17, 15) is 9.59 Å². The van der Waals surface area contributed by atoms with Crippen LogP contribution in [0.1, 0.15) is 35.7 Å². The molecule has 0 radical (unpaired) electrons. The molecule has 148 valence electrons. The summed E-state index contributed by atoms with van der Waals surface area (Å²) in [6, 6.07) is 14.9. The number of carbonyl (C=O) groups excluding carboxylic acids is 2. The molecule has 0 saturated carbocycles. The normalized spacial score (nSPS) is 15.2. The van der Waals surface area contributed by atoms with Gasteiger partial charge < -0.3 is 14.7 Å². The summed E-state index contributed by atoms with van der Waals surface area (Å²) in [6.07, 6.45) is 1.49. The van der Waals surface area contributed by atoms with Gasteiger partial charge in [-0.3, -0.25) is 9.59 Å². The summed E-state index contributed by atoms with van der Waals surface area (Å²) in [5, 5.41) is 6.64. The van der Waals surface area contributed by atoms with Crippen molar-refractivity contribution in [2.45, 2.75) is 32.7 Å². The monoisotopic (exact) mass is 390 g/mol. The molecule has 1 aromatic heterocycles. The highest BCUT2D eigenvalue weighted by atomic mass is 16.5. The molecule has 7 nitrogen and oxygen atoms in total. The minimum atomic E-state index is -0.299. The SMILES string of the molecule is CCc1nc(-c2ccc(C(=O)NCC(=O)N3c4ccccc4CC3C)cc2)no1. The summed E-state index contributed by atoms with van der Waals surface area (Å²) in [4.78, 5) is 31.2. The first-order chi connectivity index (χ1) is 14.1. The van der Waals surface area contributed by atoms with Crippen molar-refractivity contribution in [1.29, 1.82) is 0 Å². The highest BCUT2D eigenvalue weighted by Gasteiger charge is 2.30. The molecule has 0 saturated heterocycles. The number of hydrogen-bond donors (Lipinski definition) is 1. The van der Waals surface area contributed by atoms with Crippen molar-refractivity contribution >= 4 is 17.5 Å². The Bertz CT molecular complexity index is 1040. The molecular weight excluding hydrogens is 368 g/mol. The fourth-order valence-electron chi connectivity index (χ4n) is 3.58. The number of fused-ring (bicyclic) bond motifs is 1. The van der Waals surface area contributed by atoms with Gasteiger partial charge in [-0.2, -0.15) is 4.98 Å². The van der Waals surface area contributed by atoms with Crippen LogP contribution in [-0.2, 0) is 17.6 Å². The minimum absolute atomic E-state index is 0.0516. The van der Waals surface area contributed by atoms with Crippen LogP contribution in [0.2, 0.25) is 0 Å². The Morgan fingerprint density at radius 3 is 2.66 bits per heavy atom. The minimum Gasteiger partial charge on any atom is -0.343 e. The summed E-state index contributed by atoms with van der Waals surface area (Å²) in [7, 11) is 0. The zero-order valence-corrected chi connectivity index (χ0v) is 16.4. The quantitative estimate of drug-likeness (QED) is 0.723. The average molecular weight is 390 g/mol. The number of aryl methyl sites for hydroxylation is 1. The van der Waals surface area contributed by atoms with Gasteiger partial charge in [0.15, 0.2) is 0 Å². The maximum absolute atomic E-state index is 12.7. The highest BCUT2D eigenvalue weighted by molar-refractivity contribution is 6.01. The van der Waals surface area contributed by atoms with Crippen LogP contribution < -0.4 is 10.2 Å². The molecule has 2 heterocycles. The third kappa shape index (κ3) is 3.76. The maximum atomic E-state index is 12.7. The van der Waals surface area contributed by atoms with Crippen molar-refractivity contribution in [1.82, 2.24) is 15.5 Å². The first-order valence-electron chi connectivity index (χ1n) is 9.68. The second-order valence-corrected chi connectivity index (χ2v) is 7.07. The second kappa shape index (κ2) is 7.87. The smallest absolute Gasteiger partial charge is 0.251 e. The topological polar surface area (TPSA) is 88.3 Å². The van der Waals surface area contributed by atoms with Crippen LogP contribution >= 0.6 is 0 Å². The molecule has 1 unspecified atom stereocenters. The number of nitrogens with one attached hydrogen (secondary N) is 1. The first kappa shape index (κ1) is 18.9. The molecule has 7 heteroatoms. The van der Waals surface area contributed by atoms with E-state index >= 15 is 0 Å². The Balaban J connectivity index is 1.39. The zero-order chi connectivity index (χ0) is 20.4. The van der Waals surface area contributed by atoms with Gasteiger partial charge in [0, 0.05) is 29.3 Å². The molecule has 1 atom stereocenters. The van der Waals surface area contributed by atoms with Crippen molar-refractivity contribution in [2.24, 2.45) is 0 Å². The molecule has 0 fully saturated rings. The number of rotatable bonds is 5. The average Bonchev–Trinajstić information content (AvgIpc) is 3.35. The lowest BCUT2D eigenvalue weighted by atomic mass is 10.1. The fraction of sp³-hybridized carbons (Fsp3) is 0.273. The van der Waals surface area contributed by atoms with E-state index in [1.165, 1.54) is 0 Å². The molecule has 3 aromatic rings. The molecule has 1 N–H and O–H groups in total.